The van der Waals surface area contributed by atoms with E-state index in [0.717, 1.165) is 4.88 Å². The van der Waals surface area contributed by atoms with E-state index in [0.29, 0.717) is 10.6 Å². The lowest BCUT2D eigenvalue weighted by Gasteiger charge is -2.11. The first-order valence-electron chi connectivity index (χ1n) is 6.05. The van der Waals surface area contributed by atoms with Gasteiger partial charge < -0.3 is 5.32 Å². The molecule has 2 nitrogen and oxygen atoms in total. The number of rotatable bonds is 5. The van der Waals surface area contributed by atoms with E-state index in [2.05, 4.69) is 0 Å². The van der Waals surface area contributed by atoms with E-state index in [1.165, 1.54) is 17.8 Å². The number of carbonyl (C=O) groups is 1. The molecule has 1 aromatic carbocycles. The van der Waals surface area contributed by atoms with E-state index >= 15 is 0 Å². The molecule has 1 N–H and O–H groups in total. The molecule has 0 spiro atoms. The molecule has 2 rings (SSSR count). The van der Waals surface area contributed by atoms with Crippen molar-refractivity contribution < 1.29 is 18.0 Å². The van der Waals surface area contributed by atoms with Gasteiger partial charge in [0.05, 0.1) is 5.56 Å². The van der Waals surface area contributed by atoms with Crippen molar-refractivity contribution >= 4 is 29.0 Å². The summed E-state index contributed by atoms with van der Waals surface area (Å²) in [5.74, 6) is -0.0251. The summed E-state index contributed by atoms with van der Waals surface area (Å²) in [6.45, 7) is -1.32. The lowest BCUT2D eigenvalue weighted by molar-refractivity contribution is -0.123. The molecular weight excluding hydrogens is 319 g/mol. The van der Waals surface area contributed by atoms with Crippen molar-refractivity contribution in [3.05, 3.63) is 52.2 Å². The highest BCUT2D eigenvalue weighted by atomic mass is 32.2. The fourth-order valence-corrected chi connectivity index (χ4v) is 3.42. The number of amides is 1. The van der Waals surface area contributed by atoms with Gasteiger partial charge in [-0.1, -0.05) is 18.2 Å². The quantitative estimate of drug-likeness (QED) is 0.826. The molecular formula is C14H12F3NOS2. The summed E-state index contributed by atoms with van der Waals surface area (Å²) in [7, 11) is 0. The third-order valence-corrected chi connectivity index (χ3v) is 4.71. The van der Waals surface area contributed by atoms with Crippen LogP contribution in [0.2, 0.25) is 0 Å². The highest BCUT2D eigenvalue weighted by Crippen LogP contribution is 2.28. The fourth-order valence-electron chi connectivity index (χ4n) is 1.60. The van der Waals surface area contributed by atoms with Gasteiger partial charge in [-0.25, -0.2) is 0 Å². The second kappa shape index (κ2) is 7.00. The van der Waals surface area contributed by atoms with Crippen molar-refractivity contribution in [2.24, 2.45) is 0 Å². The molecule has 1 amide bonds. The molecule has 0 bridgehead atoms. The normalized spacial score (nSPS) is 11.4. The third-order valence-electron chi connectivity index (χ3n) is 2.53. The number of benzene rings is 1. The van der Waals surface area contributed by atoms with Gasteiger partial charge in [0.25, 0.3) is 5.91 Å². The molecule has 7 heteroatoms. The summed E-state index contributed by atoms with van der Waals surface area (Å²) < 4.78 is 36.4. The zero-order valence-corrected chi connectivity index (χ0v) is 12.4. The van der Waals surface area contributed by atoms with Gasteiger partial charge >= 0.3 is 6.18 Å². The van der Waals surface area contributed by atoms with Gasteiger partial charge in [0, 0.05) is 15.5 Å². The van der Waals surface area contributed by atoms with Crippen LogP contribution in [0.5, 0.6) is 0 Å². The van der Waals surface area contributed by atoms with E-state index < -0.39 is 18.6 Å². The van der Waals surface area contributed by atoms with Crippen LogP contribution in [-0.4, -0.2) is 18.6 Å². The summed E-state index contributed by atoms with van der Waals surface area (Å²) in [6.07, 6.45) is -4.41. The molecule has 1 heterocycles. The van der Waals surface area contributed by atoms with Gasteiger partial charge in [0.15, 0.2) is 0 Å². The molecule has 21 heavy (non-hydrogen) atoms. The monoisotopic (exact) mass is 331 g/mol. The second-order valence-electron chi connectivity index (χ2n) is 4.16. The van der Waals surface area contributed by atoms with E-state index in [9.17, 15) is 18.0 Å². The lowest BCUT2D eigenvalue weighted by atomic mass is 10.2. The molecule has 0 unspecified atom stereocenters. The Morgan fingerprint density at radius 1 is 1.19 bits per heavy atom. The number of thiophene rings is 1. The average molecular weight is 331 g/mol. The molecule has 0 fully saturated rings. The predicted octanol–water partition coefficient (Wildman–Crippen LogP) is 4.33. The van der Waals surface area contributed by atoms with Crippen molar-refractivity contribution in [1.29, 1.82) is 0 Å². The number of thioether (sulfide) groups is 1. The smallest absolute Gasteiger partial charge is 0.343 e. The van der Waals surface area contributed by atoms with Gasteiger partial charge in [-0.2, -0.15) is 13.2 Å². The Kier molecular flexibility index (Phi) is 5.30. The molecule has 0 saturated carbocycles. The van der Waals surface area contributed by atoms with E-state index in [1.807, 2.05) is 22.8 Å². The van der Waals surface area contributed by atoms with E-state index in [-0.39, 0.29) is 5.56 Å². The first kappa shape index (κ1) is 15.9. The van der Waals surface area contributed by atoms with Crippen molar-refractivity contribution in [3.63, 3.8) is 0 Å². The molecule has 0 aliphatic rings. The maximum absolute atomic E-state index is 12.1. The van der Waals surface area contributed by atoms with E-state index in [4.69, 9.17) is 0 Å². The van der Waals surface area contributed by atoms with Gasteiger partial charge in [0.1, 0.15) is 6.54 Å². The zero-order valence-electron chi connectivity index (χ0n) is 10.8. The largest absolute Gasteiger partial charge is 0.405 e. The molecule has 0 saturated heterocycles. The summed E-state index contributed by atoms with van der Waals surface area (Å²) in [6, 6.07) is 10.6. The third kappa shape index (κ3) is 5.09. The highest BCUT2D eigenvalue weighted by Gasteiger charge is 2.28. The second-order valence-corrected chi connectivity index (χ2v) is 6.21. The molecule has 0 radical (unpaired) electrons. The number of hydrogen-bond donors (Lipinski definition) is 1. The zero-order chi connectivity index (χ0) is 15.3. The molecule has 0 aliphatic carbocycles. The van der Waals surface area contributed by atoms with Crippen molar-refractivity contribution in [1.82, 2.24) is 5.32 Å². The van der Waals surface area contributed by atoms with Crippen LogP contribution in [-0.2, 0) is 5.75 Å². The minimum absolute atomic E-state index is 0.267. The fraction of sp³-hybridized carbons (Fsp3) is 0.214. The Balaban J connectivity index is 2.03. The molecule has 112 valence electrons. The molecule has 2 aromatic rings. The van der Waals surface area contributed by atoms with Crippen LogP contribution >= 0.6 is 23.1 Å². The maximum Gasteiger partial charge on any atom is 0.405 e. The SMILES string of the molecule is O=C(NCC(F)(F)F)c1ccccc1SCc1cccs1. The van der Waals surface area contributed by atoms with Gasteiger partial charge in [-0.3, -0.25) is 4.79 Å². The van der Waals surface area contributed by atoms with Crippen LogP contribution in [0, 0.1) is 0 Å². The van der Waals surface area contributed by atoms with Crippen LogP contribution in [0.4, 0.5) is 13.2 Å². The summed E-state index contributed by atoms with van der Waals surface area (Å²) in [5.41, 5.74) is 0.267. The number of alkyl halides is 3. The van der Waals surface area contributed by atoms with Crippen molar-refractivity contribution in [2.75, 3.05) is 6.54 Å². The van der Waals surface area contributed by atoms with Gasteiger partial charge in [-0.15, -0.1) is 23.1 Å². The van der Waals surface area contributed by atoms with Gasteiger partial charge in [-0.05, 0) is 23.6 Å². The van der Waals surface area contributed by atoms with Crippen LogP contribution in [0.3, 0.4) is 0 Å². The van der Waals surface area contributed by atoms with Crippen LogP contribution < -0.4 is 5.32 Å². The van der Waals surface area contributed by atoms with Crippen LogP contribution in [0.25, 0.3) is 0 Å². The molecule has 0 aliphatic heterocycles. The lowest BCUT2D eigenvalue weighted by Crippen LogP contribution is -2.33. The van der Waals surface area contributed by atoms with Crippen molar-refractivity contribution in [3.8, 4) is 0 Å². The Labute approximate surface area is 128 Å². The van der Waals surface area contributed by atoms with Gasteiger partial charge in [0.2, 0.25) is 0 Å². The number of halogens is 3. The predicted molar refractivity (Wildman–Crippen MR) is 78.7 cm³/mol. The van der Waals surface area contributed by atoms with Crippen LogP contribution in [0.15, 0.2) is 46.7 Å². The Morgan fingerprint density at radius 2 is 1.95 bits per heavy atom. The Bertz CT molecular complexity index is 597. The van der Waals surface area contributed by atoms with Crippen LogP contribution in [0.1, 0.15) is 15.2 Å². The number of nitrogens with one attached hydrogen (secondary N) is 1. The summed E-state index contributed by atoms with van der Waals surface area (Å²) in [4.78, 5) is 13.7. The van der Waals surface area contributed by atoms with E-state index in [1.54, 1.807) is 29.5 Å². The first-order valence-corrected chi connectivity index (χ1v) is 7.91. The summed E-state index contributed by atoms with van der Waals surface area (Å²) >= 11 is 3.03. The molecule has 1 aromatic heterocycles. The standard InChI is InChI=1S/C14H12F3NOS2/c15-14(16,17)9-18-13(19)11-5-1-2-6-12(11)21-8-10-4-3-7-20-10/h1-7H,8-9H2,(H,18,19). The Morgan fingerprint density at radius 3 is 2.62 bits per heavy atom. The van der Waals surface area contributed by atoms with Crippen molar-refractivity contribution in [2.45, 2.75) is 16.8 Å². The average Bonchev–Trinajstić information content (AvgIpc) is 2.95. The highest BCUT2D eigenvalue weighted by molar-refractivity contribution is 7.98. The summed E-state index contributed by atoms with van der Waals surface area (Å²) in [5, 5.41) is 3.85. The maximum atomic E-state index is 12.1. The number of hydrogen-bond acceptors (Lipinski definition) is 3. The number of carbonyl (C=O) groups excluding carboxylic acids is 1. The topological polar surface area (TPSA) is 29.1 Å². The Hall–Kier alpha value is -1.47. The minimum Gasteiger partial charge on any atom is -0.343 e. The minimum atomic E-state index is -4.41. The molecule has 0 atom stereocenters. The first-order chi connectivity index (χ1) is 9.96.